The Bertz CT molecular complexity index is 2130. The van der Waals surface area contributed by atoms with Crippen LogP contribution in [-0.2, 0) is 29.1 Å². The van der Waals surface area contributed by atoms with Crippen molar-refractivity contribution in [2.24, 2.45) is 11.3 Å². The van der Waals surface area contributed by atoms with Gasteiger partial charge in [0.05, 0.1) is 22.9 Å². The van der Waals surface area contributed by atoms with Crippen LogP contribution in [0, 0.1) is 18.3 Å². The number of fused-ring (bicyclic) bond motifs is 1. The molecule has 4 amide bonds. The Morgan fingerprint density at radius 2 is 1.71 bits per heavy atom. The van der Waals surface area contributed by atoms with Crippen molar-refractivity contribution in [2.75, 3.05) is 6.54 Å². The van der Waals surface area contributed by atoms with Crippen molar-refractivity contribution < 1.29 is 37.1 Å². The standard InChI is InChI=1S/C40H50N6O8S/c1-9-25-21-40(25,36(49)45-55(51,52)27-16-17-27)44-34(47)30-19-26(22-46(30)35(48)32(38(3,4)5)43-37(50)54-39(6,7)8)53-31-20-29(24-13-11-10-12-14-24)42-33-28(31)18-15-23(2)41-33/h9-15,18,20,25-27,30,32H,1,16-17,19,21-22H2,2-8H3,(H,43,50)(H,44,47)(H,45,49)/t25-,26-,30+,32-,40-/m1/s1. The maximum absolute atomic E-state index is 14.6. The topological polar surface area (TPSA) is 186 Å². The van der Waals surface area contributed by atoms with Crippen LogP contribution in [0.4, 0.5) is 4.79 Å². The lowest BCUT2D eigenvalue weighted by Crippen LogP contribution is -2.60. The molecule has 3 aromatic rings. The number of hydrogen-bond donors (Lipinski definition) is 3. The molecule has 1 saturated heterocycles. The van der Waals surface area contributed by atoms with E-state index in [-0.39, 0.29) is 19.4 Å². The van der Waals surface area contributed by atoms with Gasteiger partial charge in [-0.05, 0) is 64.5 Å². The van der Waals surface area contributed by atoms with Crippen LogP contribution in [0.3, 0.4) is 0 Å². The number of aryl methyl sites for hydroxylation is 1. The number of nitrogens with zero attached hydrogens (tertiary/aromatic N) is 3. The third kappa shape index (κ3) is 8.77. The molecule has 0 unspecified atom stereocenters. The minimum absolute atomic E-state index is 0.0154. The highest BCUT2D eigenvalue weighted by atomic mass is 32.2. The fourth-order valence-electron chi connectivity index (χ4n) is 6.84. The summed E-state index contributed by atoms with van der Waals surface area (Å²) in [5.41, 5.74) is -0.547. The molecule has 2 aliphatic carbocycles. The van der Waals surface area contributed by atoms with Crippen molar-refractivity contribution in [1.82, 2.24) is 30.2 Å². The Hall–Kier alpha value is -5.05. The van der Waals surface area contributed by atoms with Crippen LogP contribution in [0.15, 0.2) is 61.2 Å². The van der Waals surface area contributed by atoms with Crippen LogP contribution in [0.1, 0.15) is 72.9 Å². The van der Waals surface area contributed by atoms with E-state index in [0.717, 1.165) is 11.3 Å². The second-order valence-corrected chi connectivity index (χ2v) is 18.8. The molecule has 3 heterocycles. The number of amides is 4. The lowest BCUT2D eigenvalue weighted by Gasteiger charge is -2.36. The Morgan fingerprint density at radius 3 is 2.31 bits per heavy atom. The average molecular weight is 775 g/mol. The number of carbonyl (C=O) groups is 4. The summed E-state index contributed by atoms with van der Waals surface area (Å²) in [4.78, 5) is 66.4. The molecule has 2 saturated carbocycles. The van der Waals surface area contributed by atoms with Crippen molar-refractivity contribution in [3.8, 4) is 17.0 Å². The summed E-state index contributed by atoms with van der Waals surface area (Å²) in [6, 6.07) is 12.8. The fraction of sp³-hybridized carbons (Fsp3) is 0.500. The van der Waals surface area contributed by atoms with Crippen molar-refractivity contribution in [2.45, 2.75) is 109 Å². The van der Waals surface area contributed by atoms with E-state index in [4.69, 9.17) is 14.5 Å². The van der Waals surface area contributed by atoms with Crippen molar-refractivity contribution >= 4 is 44.9 Å². The molecule has 6 rings (SSSR count). The van der Waals surface area contributed by atoms with Gasteiger partial charge < -0.3 is 25.0 Å². The van der Waals surface area contributed by atoms with Crippen LogP contribution in [-0.4, -0.2) is 88.2 Å². The number of nitrogens with one attached hydrogen (secondary N) is 3. The number of benzene rings is 1. The summed E-state index contributed by atoms with van der Waals surface area (Å²) in [7, 11) is -3.91. The van der Waals surface area contributed by atoms with E-state index in [1.165, 1.54) is 11.0 Å². The Labute approximate surface area is 321 Å². The zero-order chi connectivity index (χ0) is 40.1. The summed E-state index contributed by atoms with van der Waals surface area (Å²) < 4.78 is 39.8. The summed E-state index contributed by atoms with van der Waals surface area (Å²) in [6.45, 7) is 16.1. The smallest absolute Gasteiger partial charge is 0.408 e. The van der Waals surface area contributed by atoms with Crippen LogP contribution < -0.4 is 20.1 Å². The molecule has 55 heavy (non-hydrogen) atoms. The molecule has 2 aromatic heterocycles. The first-order valence-corrected chi connectivity index (χ1v) is 20.1. The molecule has 3 fully saturated rings. The van der Waals surface area contributed by atoms with Gasteiger partial charge in [0.15, 0.2) is 5.65 Å². The largest absolute Gasteiger partial charge is 0.488 e. The number of aromatic nitrogens is 2. The second kappa shape index (κ2) is 14.5. The molecular weight excluding hydrogens is 725 g/mol. The molecule has 14 nitrogen and oxygen atoms in total. The molecular formula is C40H50N6O8S. The minimum atomic E-state index is -3.91. The van der Waals surface area contributed by atoms with Gasteiger partial charge >= 0.3 is 6.09 Å². The van der Waals surface area contributed by atoms with Crippen LogP contribution in [0.25, 0.3) is 22.3 Å². The molecule has 3 N–H and O–H groups in total. The molecule has 3 aliphatic rings. The third-order valence-corrected chi connectivity index (χ3v) is 11.8. The molecule has 1 aliphatic heterocycles. The minimum Gasteiger partial charge on any atom is -0.488 e. The van der Waals surface area contributed by atoms with E-state index in [9.17, 15) is 27.6 Å². The number of hydrogen-bond acceptors (Lipinski definition) is 10. The monoisotopic (exact) mass is 774 g/mol. The first kappa shape index (κ1) is 39.6. The van der Waals surface area contributed by atoms with Crippen LogP contribution in [0.2, 0.25) is 0 Å². The highest BCUT2D eigenvalue weighted by Gasteiger charge is 2.62. The maximum atomic E-state index is 14.6. The molecule has 0 radical (unpaired) electrons. The normalized spacial score (nSPS) is 23.0. The van der Waals surface area contributed by atoms with E-state index >= 15 is 0 Å². The average Bonchev–Trinajstić information content (AvgIpc) is 4.02. The molecule has 5 atom stereocenters. The Balaban J connectivity index is 1.34. The third-order valence-electron chi connectivity index (χ3n) is 10.0. The maximum Gasteiger partial charge on any atom is 0.408 e. The van der Waals surface area contributed by atoms with Gasteiger partial charge in [0.25, 0.3) is 5.91 Å². The molecule has 294 valence electrons. The number of alkyl carbamates (subject to hydrolysis) is 1. The van der Waals surface area contributed by atoms with Gasteiger partial charge in [0.1, 0.15) is 35.1 Å². The van der Waals surface area contributed by atoms with Crippen molar-refractivity contribution in [3.05, 3.63) is 66.9 Å². The van der Waals surface area contributed by atoms with Gasteiger partial charge in [-0.25, -0.2) is 23.2 Å². The van der Waals surface area contributed by atoms with Gasteiger partial charge in [-0.2, -0.15) is 0 Å². The Kier molecular flexibility index (Phi) is 10.5. The first-order valence-electron chi connectivity index (χ1n) is 18.5. The highest BCUT2D eigenvalue weighted by molar-refractivity contribution is 7.91. The lowest BCUT2D eigenvalue weighted by atomic mass is 9.85. The molecule has 0 spiro atoms. The van der Waals surface area contributed by atoms with Crippen molar-refractivity contribution in [3.63, 3.8) is 0 Å². The molecule has 0 bridgehead atoms. The predicted molar refractivity (Wildman–Crippen MR) is 206 cm³/mol. The number of sulfonamides is 1. The number of pyridine rings is 2. The SMILES string of the molecule is C=C[C@@H]1C[C@]1(NC(=O)[C@@H]1C[C@@H](Oc2cc(-c3ccccc3)nc3nc(C)ccc23)CN1C(=O)[C@@H](NC(=O)OC(C)(C)C)C(C)(C)C)C(=O)NS(=O)(=O)C1CC1. The van der Waals surface area contributed by atoms with Gasteiger partial charge in [0, 0.05) is 29.7 Å². The van der Waals surface area contributed by atoms with E-state index in [1.54, 1.807) is 47.6 Å². The number of rotatable bonds is 11. The number of likely N-dealkylation sites (tertiary alicyclic amines) is 1. The number of ether oxygens (including phenoxy) is 2. The second-order valence-electron chi connectivity index (χ2n) is 16.8. The quantitative estimate of drug-likeness (QED) is 0.233. The summed E-state index contributed by atoms with van der Waals surface area (Å²) in [5.74, 6) is -2.16. The zero-order valence-electron chi connectivity index (χ0n) is 32.3. The van der Waals surface area contributed by atoms with Gasteiger partial charge in [-0.1, -0.05) is 57.2 Å². The van der Waals surface area contributed by atoms with Gasteiger partial charge in [-0.15, -0.1) is 6.58 Å². The summed E-state index contributed by atoms with van der Waals surface area (Å²) in [6.07, 6.45) is 1.03. The highest BCUT2D eigenvalue weighted by Crippen LogP contribution is 2.45. The molecule has 15 heteroatoms. The predicted octanol–water partition coefficient (Wildman–Crippen LogP) is 4.56. The van der Waals surface area contributed by atoms with Gasteiger partial charge in [0.2, 0.25) is 21.8 Å². The lowest BCUT2D eigenvalue weighted by molar-refractivity contribution is -0.143. The summed E-state index contributed by atoms with van der Waals surface area (Å²) in [5, 5.41) is 5.51. The number of carbonyl (C=O) groups excluding carboxylic acids is 4. The first-order chi connectivity index (χ1) is 25.7. The Morgan fingerprint density at radius 1 is 1.02 bits per heavy atom. The summed E-state index contributed by atoms with van der Waals surface area (Å²) >= 11 is 0. The van der Waals surface area contributed by atoms with E-state index in [0.29, 0.717) is 35.3 Å². The van der Waals surface area contributed by atoms with E-state index in [1.807, 2.05) is 49.4 Å². The van der Waals surface area contributed by atoms with Crippen LogP contribution in [0.5, 0.6) is 5.75 Å². The molecule has 1 aromatic carbocycles. The fourth-order valence-corrected chi connectivity index (χ4v) is 8.20. The van der Waals surface area contributed by atoms with Gasteiger partial charge in [-0.3, -0.25) is 19.1 Å². The zero-order valence-corrected chi connectivity index (χ0v) is 33.2. The van der Waals surface area contributed by atoms with E-state index in [2.05, 4.69) is 26.9 Å². The van der Waals surface area contributed by atoms with E-state index < -0.39 is 79.7 Å². The van der Waals surface area contributed by atoms with Crippen LogP contribution >= 0.6 is 0 Å². The van der Waals surface area contributed by atoms with Crippen molar-refractivity contribution in [1.29, 1.82) is 0 Å².